The predicted octanol–water partition coefficient (Wildman–Crippen LogP) is 2.11. The molecule has 0 saturated carbocycles. The van der Waals surface area contributed by atoms with E-state index < -0.39 is 5.60 Å². The van der Waals surface area contributed by atoms with Crippen LogP contribution in [0.1, 0.15) is 26.6 Å². The number of ether oxygens (including phenoxy) is 1. The fourth-order valence-corrected chi connectivity index (χ4v) is 1.56. The number of aromatic hydroxyl groups is 1. The fraction of sp³-hybridized carbons (Fsp3) is 0.417. The summed E-state index contributed by atoms with van der Waals surface area (Å²) in [7, 11) is 0. The standard InChI is InChI=1S/C12H15N3O3/c1-4-17-12(2,3)11-14-10(18-15-11)8-5-9(16)7-13-6-8/h5-7,16H,4H2,1-3H3. The molecule has 96 valence electrons. The maximum absolute atomic E-state index is 9.35. The van der Waals surface area contributed by atoms with Gasteiger partial charge in [-0.2, -0.15) is 4.98 Å². The Labute approximate surface area is 105 Å². The van der Waals surface area contributed by atoms with Crippen LogP contribution in [0.4, 0.5) is 0 Å². The van der Waals surface area contributed by atoms with Crippen molar-refractivity contribution in [2.24, 2.45) is 0 Å². The maximum atomic E-state index is 9.35. The molecular weight excluding hydrogens is 234 g/mol. The third kappa shape index (κ3) is 2.48. The molecule has 0 aromatic carbocycles. The van der Waals surface area contributed by atoms with Crippen LogP contribution in [0.2, 0.25) is 0 Å². The molecule has 2 aromatic rings. The van der Waals surface area contributed by atoms with Gasteiger partial charge in [0, 0.05) is 12.8 Å². The van der Waals surface area contributed by atoms with Gasteiger partial charge in [-0.25, -0.2) is 0 Å². The normalized spacial score (nSPS) is 11.7. The molecule has 2 heterocycles. The number of hydrogen-bond donors (Lipinski definition) is 1. The minimum absolute atomic E-state index is 0.0521. The van der Waals surface area contributed by atoms with E-state index in [9.17, 15) is 5.11 Å². The van der Waals surface area contributed by atoms with Gasteiger partial charge in [0.25, 0.3) is 5.89 Å². The first-order chi connectivity index (χ1) is 8.53. The van der Waals surface area contributed by atoms with E-state index >= 15 is 0 Å². The Kier molecular flexibility index (Phi) is 3.29. The van der Waals surface area contributed by atoms with Crippen molar-refractivity contribution >= 4 is 0 Å². The minimum Gasteiger partial charge on any atom is -0.506 e. The van der Waals surface area contributed by atoms with Gasteiger partial charge in [-0.15, -0.1) is 0 Å². The molecule has 0 aliphatic rings. The van der Waals surface area contributed by atoms with Gasteiger partial charge in [0.05, 0.1) is 11.8 Å². The van der Waals surface area contributed by atoms with Crippen molar-refractivity contribution in [2.75, 3.05) is 6.61 Å². The second-order valence-corrected chi connectivity index (χ2v) is 4.30. The predicted molar refractivity (Wildman–Crippen MR) is 63.8 cm³/mol. The lowest BCUT2D eigenvalue weighted by Gasteiger charge is -2.19. The van der Waals surface area contributed by atoms with Gasteiger partial charge in [0.1, 0.15) is 11.4 Å². The zero-order valence-electron chi connectivity index (χ0n) is 10.5. The summed E-state index contributed by atoms with van der Waals surface area (Å²) in [5.74, 6) is 0.820. The van der Waals surface area contributed by atoms with E-state index in [0.29, 0.717) is 23.9 Å². The second kappa shape index (κ2) is 4.73. The van der Waals surface area contributed by atoms with E-state index in [0.717, 1.165) is 0 Å². The average Bonchev–Trinajstić information content (AvgIpc) is 2.78. The van der Waals surface area contributed by atoms with Crippen molar-refractivity contribution in [3.63, 3.8) is 0 Å². The van der Waals surface area contributed by atoms with Crippen molar-refractivity contribution in [3.8, 4) is 17.2 Å². The molecule has 1 N–H and O–H groups in total. The summed E-state index contributed by atoms with van der Waals surface area (Å²) in [5, 5.41) is 13.2. The SMILES string of the molecule is CCOC(C)(C)c1noc(-c2cncc(O)c2)n1. The van der Waals surface area contributed by atoms with Crippen LogP contribution in [0, 0.1) is 0 Å². The van der Waals surface area contributed by atoms with Gasteiger partial charge in [-0.05, 0) is 26.8 Å². The molecule has 2 rings (SSSR count). The van der Waals surface area contributed by atoms with Crippen LogP contribution in [0.25, 0.3) is 11.5 Å². The Morgan fingerprint density at radius 1 is 1.39 bits per heavy atom. The minimum atomic E-state index is -0.610. The number of pyridine rings is 1. The van der Waals surface area contributed by atoms with Crippen LogP contribution in [0.3, 0.4) is 0 Å². The zero-order valence-corrected chi connectivity index (χ0v) is 10.5. The Bertz CT molecular complexity index is 537. The van der Waals surface area contributed by atoms with Crippen LogP contribution < -0.4 is 0 Å². The molecule has 18 heavy (non-hydrogen) atoms. The highest BCUT2D eigenvalue weighted by molar-refractivity contribution is 5.53. The Morgan fingerprint density at radius 3 is 2.83 bits per heavy atom. The van der Waals surface area contributed by atoms with Gasteiger partial charge in [-0.3, -0.25) is 4.98 Å². The van der Waals surface area contributed by atoms with Crippen molar-refractivity contribution in [1.82, 2.24) is 15.1 Å². The molecule has 6 nitrogen and oxygen atoms in total. The molecule has 6 heteroatoms. The number of hydrogen-bond acceptors (Lipinski definition) is 6. The van der Waals surface area contributed by atoms with Crippen molar-refractivity contribution in [3.05, 3.63) is 24.3 Å². The molecular formula is C12H15N3O3. The summed E-state index contributed by atoms with van der Waals surface area (Å²) >= 11 is 0. The first-order valence-electron chi connectivity index (χ1n) is 5.65. The number of nitrogens with zero attached hydrogens (tertiary/aromatic N) is 3. The van der Waals surface area contributed by atoms with E-state index in [1.54, 1.807) is 6.20 Å². The molecule has 0 fully saturated rings. The van der Waals surface area contributed by atoms with Crippen molar-refractivity contribution < 1.29 is 14.4 Å². The van der Waals surface area contributed by atoms with Crippen LogP contribution in [0.15, 0.2) is 23.0 Å². The summed E-state index contributed by atoms with van der Waals surface area (Å²) in [6, 6.07) is 1.51. The first-order valence-corrected chi connectivity index (χ1v) is 5.65. The molecule has 0 radical (unpaired) electrons. The monoisotopic (exact) mass is 249 g/mol. The Hall–Kier alpha value is -1.95. The molecule has 0 bridgehead atoms. The quantitative estimate of drug-likeness (QED) is 0.893. The topological polar surface area (TPSA) is 81.3 Å². The van der Waals surface area contributed by atoms with E-state index in [-0.39, 0.29) is 5.75 Å². The largest absolute Gasteiger partial charge is 0.506 e. The van der Waals surface area contributed by atoms with Crippen LogP contribution in [0.5, 0.6) is 5.75 Å². The maximum Gasteiger partial charge on any atom is 0.259 e. The third-order valence-electron chi connectivity index (χ3n) is 2.44. The number of rotatable bonds is 4. The summed E-state index contributed by atoms with van der Waals surface area (Å²) in [5.41, 5.74) is -0.0399. The van der Waals surface area contributed by atoms with Gasteiger partial charge in [-0.1, -0.05) is 5.16 Å². The Morgan fingerprint density at radius 2 is 2.17 bits per heavy atom. The van der Waals surface area contributed by atoms with Crippen molar-refractivity contribution in [1.29, 1.82) is 0 Å². The van der Waals surface area contributed by atoms with Crippen LogP contribution in [-0.2, 0) is 10.3 Å². The lowest BCUT2D eigenvalue weighted by Crippen LogP contribution is -2.23. The smallest absolute Gasteiger partial charge is 0.259 e. The molecule has 0 spiro atoms. The van der Waals surface area contributed by atoms with Gasteiger partial charge in [0.15, 0.2) is 0 Å². The molecule has 0 amide bonds. The van der Waals surface area contributed by atoms with E-state index in [2.05, 4.69) is 15.1 Å². The third-order valence-corrected chi connectivity index (χ3v) is 2.44. The van der Waals surface area contributed by atoms with Crippen LogP contribution >= 0.6 is 0 Å². The summed E-state index contributed by atoms with van der Waals surface area (Å²) < 4.78 is 10.7. The zero-order chi connectivity index (χ0) is 13.2. The van der Waals surface area contributed by atoms with E-state index in [1.807, 2.05) is 20.8 Å². The van der Waals surface area contributed by atoms with Crippen LogP contribution in [-0.4, -0.2) is 26.8 Å². The summed E-state index contributed by atoms with van der Waals surface area (Å²) in [4.78, 5) is 8.12. The molecule has 2 aromatic heterocycles. The first kappa shape index (κ1) is 12.5. The molecule has 0 unspecified atom stereocenters. The molecule has 0 atom stereocenters. The van der Waals surface area contributed by atoms with E-state index in [1.165, 1.54) is 12.3 Å². The fourth-order valence-electron chi connectivity index (χ4n) is 1.56. The average molecular weight is 249 g/mol. The summed E-state index contributed by atoms with van der Waals surface area (Å²) in [6.07, 6.45) is 2.88. The lowest BCUT2D eigenvalue weighted by atomic mass is 10.1. The van der Waals surface area contributed by atoms with E-state index in [4.69, 9.17) is 9.26 Å². The summed E-state index contributed by atoms with van der Waals surface area (Å²) in [6.45, 7) is 6.20. The molecule has 0 aliphatic carbocycles. The molecule has 0 saturated heterocycles. The highest BCUT2D eigenvalue weighted by Crippen LogP contribution is 2.26. The lowest BCUT2D eigenvalue weighted by molar-refractivity contribution is -0.0221. The van der Waals surface area contributed by atoms with Crippen molar-refractivity contribution in [2.45, 2.75) is 26.4 Å². The Balaban J connectivity index is 2.31. The van der Waals surface area contributed by atoms with Gasteiger partial charge >= 0.3 is 0 Å². The van der Waals surface area contributed by atoms with Gasteiger partial charge < -0.3 is 14.4 Å². The highest BCUT2D eigenvalue weighted by atomic mass is 16.5. The van der Waals surface area contributed by atoms with Gasteiger partial charge in [0.2, 0.25) is 5.82 Å². The second-order valence-electron chi connectivity index (χ2n) is 4.30. The number of aromatic nitrogens is 3. The molecule has 0 aliphatic heterocycles. The highest BCUT2D eigenvalue weighted by Gasteiger charge is 2.27.